The number of rotatable bonds is 2. The molecule has 1 aromatic carbocycles. The number of hydrogen-bond donors (Lipinski definition) is 1. The molecule has 3 aromatic rings. The number of pyridine rings is 1. The molecule has 0 saturated heterocycles. The molecule has 0 unspecified atom stereocenters. The van der Waals surface area contributed by atoms with Crippen LogP contribution in [0.3, 0.4) is 0 Å². The van der Waals surface area contributed by atoms with Crippen LogP contribution < -0.4 is 0 Å². The zero-order valence-corrected chi connectivity index (χ0v) is 11.5. The zero-order valence-electron chi connectivity index (χ0n) is 9.93. The maximum atomic E-state index is 13.3. The Hall–Kier alpha value is -2.21. The second-order valence-corrected chi connectivity index (χ2v) is 4.91. The van der Waals surface area contributed by atoms with Crippen LogP contribution in [0.25, 0.3) is 22.4 Å². The maximum Gasteiger partial charge on any atom is 0.336 e. The standard InChI is InChI=1S/C14H7BrFNO3/c15-13-4-3-12(20-13)11-6-9(14(18)19)8-2-1-7(16)5-10(8)17-11/h1-6H,(H,18,19). The molecule has 0 amide bonds. The van der Waals surface area contributed by atoms with Gasteiger partial charge in [-0.1, -0.05) is 0 Å². The first-order chi connectivity index (χ1) is 9.54. The summed E-state index contributed by atoms with van der Waals surface area (Å²) in [6.07, 6.45) is 0. The number of carboxylic acids is 1. The average Bonchev–Trinajstić information content (AvgIpc) is 2.83. The van der Waals surface area contributed by atoms with E-state index in [9.17, 15) is 14.3 Å². The predicted molar refractivity (Wildman–Crippen MR) is 74.1 cm³/mol. The third-order valence-corrected chi connectivity index (χ3v) is 3.25. The number of fused-ring (bicyclic) bond motifs is 1. The molecule has 0 aliphatic heterocycles. The van der Waals surface area contributed by atoms with E-state index in [2.05, 4.69) is 20.9 Å². The quantitative estimate of drug-likeness (QED) is 0.765. The van der Waals surface area contributed by atoms with E-state index in [1.807, 2.05) is 0 Å². The number of aromatic carboxylic acids is 1. The zero-order chi connectivity index (χ0) is 14.3. The van der Waals surface area contributed by atoms with Gasteiger partial charge in [0.1, 0.15) is 11.5 Å². The van der Waals surface area contributed by atoms with Crippen LogP contribution in [-0.4, -0.2) is 16.1 Å². The highest BCUT2D eigenvalue weighted by molar-refractivity contribution is 9.10. The van der Waals surface area contributed by atoms with Gasteiger partial charge in [-0.05, 0) is 46.3 Å². The molecule has 3 rings (SSSR count). The summed E-state index contributed by atoms with van der Waals surface area (Å²) < 4.78 is 19.1. The third-order valence-electron chi connectivity index (χ3n) is 2.83. The van der Waals surface area contributed by atoms with Gasteiger partial charge in [-0.15, -0.1) is 0 Å². The van der Waals surface area contributed by atoms with Crippen LogP contribution in [0, 0.1) is 5.82 Å². The second kappa shape index (κ2) is 4.72. The average molecular weight is 336 g/mol. The van der Waals surface area contributed by atoms with Gasteiger partial charge in [0.05, 0.1) is 11.1 Å². The number of carboxylic acid groups (broad SMARTS) is 1. The molecule has 100 valence electrons. The van der Waals surface area contributed by atoms with Crippen LogP contribution in [0.4, 0.5) is 4.39 Å². The molecular weight excluding hydrogens is 329 g/mol. The van der Waals surface area contributed by atoms with E-state index in [1.165, 1.54) is 24.3 Å². The van der Waals surface area contributed by atoms with E-state index < -0.39 is 11.8 Å². The van der Waals surface area contributed by atoms with Crippen LogP contribution in [-0.2, 0) is 0 Å². The first kappa shape index (κ1) is 12.8. The van der Waals surface area contributed by atoms with Crippen molar-refractivity contribution in [2.24, 2.45) is 0 Å². The highest BCUT2D eigenvalue weighted by Gasteiger charge is 2.15. The van der Waals surface area contributed by atoms with Gasteiger partial charge in [0.25, 0.3) is 0 Å². The summed E-state index contributed by atoms with van der Waals surface area (Å²) >= 11 is 3.17. The van der Waals surface area contributed by atoms with Crippen LogP contribution in [0.2, 0.25) is 0 Å². The lowest BCUT2D eigenvalue weighted by Gasteiger charge is -2.05. The summed E-state index contributed by atoms with van der Waals surface area (Å²) in [6, 6.07) is 8.55. The van der Waals surface area contributed by atoms with Gasteiger partial charge in [-0.2, -0.15) is 0 Å². The Morgan fingerprint density at radius 2 is 2.05 bits per heavy atom. The van der Waals surface area contributed by atoms with Crippen LogP contribution >= 0.6 is 15.9 Å². The fourth-order valence-electron chi connectivity index (χ4n) is 1.96. The van der Waals surface area contributed by atoms with E-state index in [4.69, 9.17) is 4.42 Å². The Balaban J connectivity index is 2.32. The summed E-state index contributed by atoms with van der Waals surface area (Å²) in [4.78, 5) is 15.6. The van der Waals surface area contributed by atoms with Gasteiger partial charge < -0.3 is 9.52 Å². The Labute approximate surface area is 121 Å². The number of halogens is 2. The lowest BCUT2D eigenvalue weighted by Crippen LogP contribution is -2.00. The largest absolute Gasteiger partial charge is 0.478 e. The topological polar surface area (TPSA) is 63.3 Å². The minimum atomic E-state index is -1.10. The number of hydrogen-bond acceptors (Lipinski definition) is 3. The molecule has 1 N–H and O–H groups in total. The summed E-state index contributed by atoms with van der Waals surface area (Å²) in [5, 5.41) is 9.65. The minimum absolute atomic E-state index is 0.0533. The van der Waals surface area contributed by atoms with Gasteiger partial charge in [0.2, 0.25) is 0 Å². The maximum absolute atomic E-state index is 13.3. The van der Waals surface area contributed by atoms with E-state index >= 15 is 0 Å². The molecular formula is C14H7BrFNO3. The summed E-state index contributed by atoms with van der Waals surface area (Å²) in [5.41, 5.74) is 0.663. The molecule has 0 spiro atoms. The lowest BCUT2D eigenvalue weighted by atomic mass is 10.1. The van der Waals surface area contributed by atoms with E-state index in [1.54, 1.807) is 12.1 Å². The van der Waals surface area contributed by atoms with Gasteiger partial charge in [0.15, 0.2) is 10.4 Å². The minimum Gasteiger partial charge on any atom is -0.478 e. The van der Waals surface area contributed by atoms with Crippen LogP contribution in [0.5, 0.6) is 0 Å². The SMILES string of the molecule is O=C(O)c1cc(-c2ccc(Br)o2)nc2cc(F)ccc12. The first-order valence-electron chi connectivity index (χ1n) is 5.64. The van der Waals surface area contributed by atoms with Crippen molar-refractivity contribution in [1.29, 1.82) is 0 Å². The number of nitrogens with zero attached hydrogens (tertiary/aromatic N) is 1. The second-order valence-electron chi connectivity index (χ2n) is 4.13. The van der Waals surface area contributed by atoms with Crippen molar-refractivity contribution in [3.8, 4) is 11.5 Å². The van der Waals surface area contributed by atoms with Crippen molar-refractivity contribution >= 4 is 32.8 Å². The predicted octanol–water partition coefficient (Wildman–Crippen LogP) is 4.09. The van der Waals surface area contributed by atoms with Crippen LogP contribution in [0.15, 0.2) is 45.5 Å². The molecule has 6 heteroatoms. The van der Waals surface area contributed by atoms with E-state index in [0.717, 1.165) is 0 Å². The first-order valence-corrected chi connectivity index (χ1v) is 6.43. The normalized spacial score (nSPS) is 10.9. The van der Waals surface area contributed by atoms with Crippen molar-refractivity contribution in [3.63, 3.8) is 0 Å². The van der Waals surface area contributed by atoms with Gasteiger partial charge in [-0.25, -0.2) is 14.2 Å². The fourth-order valence-corrected chi connectivity index (χ4v) is 2.26. The highest BCUT2D eigenvalue weighted by atomic mass is 79.9. The number of benzene rings is 1. The molecule has 0 fully saturated rings. The lowest BCUT2D eigenvalue weighted by molar-refractivity contribution is 0.0699. The smallest absolute Gasteiger partial charge is 0.336 e. The molecule has 0 bridgehead atoms. The Bertz CT molecular complexity index is 828. The Morgan fingerprint density at radius 1 is 1.25 bits per heavy atom. The molecule has 0 saturated carbocycles. The number of furan rings is 1. The molecule has 4 nitrogen and oxygen atoms in total. The molecule has 0 radical (unpaired) electrons. The third kappa shape index (κ3) is 2.18. The van der Waals surface area contributed by atoms with E-state index in [0.29, 0.717) is 21.5 Å². The van der Waals surface area contributed by atoms with Crippen molar-refractivity contribution in [2.75, 3.05) is 0 Å². The van der Waals surface area contributed by atoms with Gasteiger partial charge in [-0.3, -0.25) is 0 Å². The molecule has 2 heterocycles. The van der Waals surface area contributed by atoms with Gasteiger partial charge in [0, 0.05) is 11.5 Å². The van der Waals surface area contributed by atoms with Crippen LogP contribution in [0.1, 0.15) is 10.4 Å². The van der Waals surface area contributed by atoms with Crippen molar-refractivity contribution < 1.29 is 18.7 Å². The summed E-state index contributed by atoms with van der Waals surface area (Å²) in [6.45, 7) is 0. The van der Waals surface area contributed by atoms with Gasteiger partial charge >= 0.3 is 5.97 Å². The Morgan fingerprint density at radius 3 is 2.70 bits per heavy atom. The molecule has 0 aliphatic carbocycles. The molecule has 0 atom stereocenters. The monoisotopic (exact) mass is 335 g/mol. The Kier molecular flexibility index (Phi) is 3.02. The highest BCUT2D eigenvalue weighted by Crippen LogP contribution is 2.28. The van der Waals surface area contributed by atoms with Crippen molar-refractivity contribution in [3.05, 3.63) is 52.4 Å². The molecule has 0 aliphatic rings. The summed E-state index contributed by atoms with van der Waals surface area (Å²) in [5.74, 6) is -1.17. The molecule has 20 heavy (non-hydrogen) atoms. The molecule has 2 aromatic heterocycles. The van der Waals surface area contributed by atoms with Crippen molar-refractivity contribution in [2.45, 2.75) is 0 Å². The summed E-state index contributed by atoms with van der Waals surface area (Å²) in [7, 11) is 0. The number of carbonyl (C=O) groups is 1. The van der Waals surface area contributed by atoms with Crippen molar-refractivity contribution in [1.82, 2.24) is 4.98 Å². The number of aromatic nitrogens is 1. The van der Waals surface area contributed by atoms with E-state index in [-0.39, 0.29) is 11.1 Å². The fraction of sp³-hybridized carbons (Fsp3) is 0.